The molecule has 0 aromatic heterocycles. The Morgan fingerprint density at radius 2 is 1.06 bits per heavy atom. The van der Waals surface area contributed by atoms with E-state index in [2.05, 4.69) is 80.0 Å². The fraction of sp³-hybridized carbons (Fsp3) is 0.591. The minimum absolute atomic E-state index is 0. The molecule has 0 aliphatic carbocycles. The first-order valence-corrected chi connectivity index (χ1v) is 18.6. The molecule has 0 aliphatic heterocycles. The molecule has 0 radical (unpaired) electrons. The maximum atomic E-state index is 9.18. The van der Waals surface area contributed by atoms with E-state index in [4.69, 9.17) is 0 Å². The summed E-state index contributed by atoms with van der Waals surface area (Å²) in [5, 5.41) is 0. The number of hydrogen-bond acceptors (Lipinski definition) is 0. The molecule has 0 fully saturated rings. The average molecular weight is 686 g/mol. The number of allylic oxidation sites excluding steroid dienone is 2. The fourth-order valence-corrected chi connectivity index (χ4v) is 6.28. The second-order valence-electron chi connectivity index (χ2n) is 12.9. The van der Waals surface area contributed by atoms with Gasteiger partial charge in [-0.05, 0) is 71.9 Å². The van der Waals surface area contributed by atoms with Crippen molar-refractivity contribution in [3.05, 3.63) is 103 Å². The van der Waals surface area contributed by atoms with Gasteiger partial charge in [-0.3, -0.25) is 0 Å². The summed E-state index contributed by atoms with van der Waals surface area (Å²) in [6.45, 7) is 6.79. The van der Waals surface area contributed by atoms with Crippen molar-refractivity contribution in [1.82, 2.24) is 0 Å². The normalized spacial score (nSPS) is 10.9. The minimum Gasteiger partial charge on any atom is -0.358 e. The van der Waals surface area contributed by atoms with Crippen LogP contribution in [0.2, 0.25) is 0 Å². The molecule has 3 heteroatoms. The zero-order valence-corrected chi connectivity index (χ0v) is 32.2. The van der Waals surface area contributed by atoms with Gasteiger partial charge >= 0.3 is 16.5 Å². The SMILES string of the molecule is CCCCCCCCCCCCCCCCCc1ccc(C(=C(C=C=[N+]=[N-])CCCCC)c2cccc(CCCC)c2)cc1.[CH3-].[CH3-].[Ni+2]. The first kappa shape index (κ1) is 47.0. The average Bonchev–Trinajstić information content (AvgIpc) is 3.05. The van der Waals surface area contributed by atoms with Gasteiger partial charge in [-0.2, -0.15) is 0 Å². The van der Waals surface area contributed by atoms with E-state index >= 15 is 0 Å². The van der Waals surface area contributed by atoms with Crippen LogP contribution in [0.1, 0.15) is 178 Å². The van der Waals surface area contributed by atoms with Crippen LogP contribution in [0.5, 0.6) is 0 Å². The number of hydrogen-bond donors (Lipinski definition) is 0. The first-order chi connectivity index (χ1) is 21.7. The largest absolute Gasteiger partial charge is 2.00 e. The molecule has 0 unspecified atom stereocenters. The van der Waals surface area contributed by atoms with Gasteiger partial charge in [0.15, 0.2) is 0 Å². The van der Waals surface area contributed by atoms with E-state index in [-0.39, 0.29) is 31.3 Å². The zero-order chi connectivity index (χ0) is 31.5. The van der Waals surface area contributed by atoms with Crippen molar-refractivity contribution in [2.24, 2.45) is 0 Å². The zero-order valence-electron chi connectivity index (χ0n) is 31.2. The molecular weight excluding hydrogens is 615 g/mol. The van der Waals surface area contributed by atoms with Crippen LogP contribution in [0.3, 0.4) is 0 Å². The van der Waals surface area contributed by atoms with Gasteiger partial charge in [-0.25, -0.2) is 0 Å². The third-order valence-electron chi connectivity index (χ3n) is 9.01. The molecule has 0 heterocycles. The van der Waals surface area contributed by atoms with Crippen LogP contribution in [0.15, 0.2) is 60.2 Å². The molecule has 0 aliphatic rings. The minimum atomic E-state index is 0. The summed E-state index contributed by atoms with van der Waals surface area (Å²) in [6, 6.07) is 18.3. The van der Waals surface area contributed by atoms with Crippen LogP contribution in [-0.2, 0) is 29.3 Å². The van der Waals surface area contributed by atoms with E-state index in [1.165, 1.54) is 155 Å². The molecule has 0 saturated heterocycles. The molecule has 47 heavy (non-hydrogen) atoms. The van der Waals surface area contributed by atoms with Crippen molar-refractivity contribution in [1.29, 1.82) is 0 Å². The molecule has 0 atom stereocenters. The maximum absolute atomic E-state index is 9.18. The summed E-state index contributed by atoms with van der Waals surface area (Å²) in [6.07, 6.45) is 32.1. The predicted molar refractivity (Wildman–Crippen MR) is 206 cm³/mol. The van der Waals surface area contributed by atoms with Gasteiger partial charge in [0.05, 0.1) is 6.08 Å². The third-order valence-corrected chi connectivity index (χ3v) is 9.01. The Labute approximate surface area is 302 Å². The molecule has 0 spiro atoms. The molecule has 2 rings (SSSR count). The standard InChI is InChI=1S/C42H64N2.2CH3.Ni/c1-4-7-10-11-12-13-14-15-16-17-18-19-20-21-23-26-37-30-32-40(33-31-37)42(39(34-35-44-43)28-22-8-5-2)41-29-24-27-38(36-41)25-9-6-3;;;/h24,27,29-34,36H,4-23,25-26,28H2,1-3H3;2*1H3;/q;2*-1;+2. The smallest absolute Gasteiger partial charge is 0.358 e. The van der Waals surface area contributed by atoms with Crippen molar-refractivity contribution < 1.29 is 21.3 Å². The predicted octanol–water partition coefficient (Wildman–Crippen LogP) is 14.2. The van der Waals surface area contributed by atoms with Gasteiger partial charge in [0.25, 0.3) is 5.87 Å². The van der Waals surface area contributed by atoms with Crippen LogP contribution in [0.25, 0.3) is 11.1 Å². The quantitative estimate of drug-likeness (QED) is 0.0180. The van der Waals surface area contributed by atoms with Crippen LogP contribution < -0.4 is 0 Å². The molecule has 0 bridgehead atoms. The van der Waals surface area contributed by atoms with Gasteiger partial charge in [0.1, 0.15) is 0 Å². The summed E-state index contributed by atoms with van der Waals surface area (Å²) < 4.78 is 0. The summed E-state index contributed by atoms with van der Waals surface area (Å²) in [7, 11) is 0. The maximum Gasteiger partial charge on any atom is 2.00 e. The van der Waals surface area contributed by atoms with E-state index in [0.717, 1.165) is 25.7 Å². The van der Waals surface area contributed by atoms with Crippen molar-refractivity contribution >= 4 is 11.4 Å². The van der Waals surface area contributed by atoms with Crippen molar-refractivity contribution in [2.45, 2.75) is 168 Å². The summed E-state index contributed by atoms with van der Waals surface area (Å²) in [5.41, 5.74) is 16.9. The summed E-state index contributed by atoms with van der Waals surface area (Å²) in [5.74, 6) is 2.72. The second kappa shape index (κ2) is 32.4. The number of aryl methyl sites for hydroxylation is 2. The fourth-order valence-electron chi connectivity index (χ4n) is 6.28. The number of benzene rings is 2. The summed E-state index contributed by atoms with van der Waals surface area (Å²) >= 11 is 0. The molecule has 266 valence electrons. The molecule has 0 amide bonds. The van der Waals surface area contributed by atoms with Gasteiger partial charge in [0.2, 0.25) is 0 Å². The van der Waals surface area contributed by atoms with E-state index in [1.807, 2.05) is 6.08 Å². The summed E-state index contributed by atoms with van der Waals surface area (Å²) in [4.78, 5) is 3.20. The Morgan fingerprint density at radius 1 is 0.574 bits per heavy atom. The second-order valence-corrected chi connectivity index (χ2v) is 12.9. The van der Waals surface area contributed by atoms with E-state index in [9.17, 15) is 5.53 Å². The van der Waals surface area contributed by atoms with Crippen LogP contribution in [-0.4, -0.2) is 10.7 Å². The Hall–Kier alpha value is -2.17. The number of rotatable bonds is 26. The molecule has 0 N–H and O–H groups in total. The van der Waals surface area contributed by atoms with Crippen LogP contribution in [0, 0.1) is 14.9 Å². The molecular formula is C44H70N2Ni. The third kappa shape index (κ3) is 21.4. The van der Waals surface area contributed by atoms with Gasteiger partial charge < -0.3 is 20.4 Å². The first-order valence-electron chi connectivity index (χ1n) is 18.6. The van der Waals surface area contributed by atoms with Gasteiger partial charge in [-0.15, -0.1) is 4.79 Å². The van der Waals surface area contributed by atoms with Gasteiger partial charge in [-0.1, -0.05) is 178 Å². The van der Waals surface area contributed by atoms with E-state index < -0.39 is 0 Å². The van der Waals surface area contributed by atoms with Crippen molar-refractivity contribution in [2.75, 3.05) is 0 Å². The molecule has 0 saturated carbocycles. The van der Waals surface area contributed by atoms with Crippen LogP contribution >= 0.6 is 0 Å². The molecule has 2 aromatic carbocycles. The van der Waals surface area contributed by atoms with Crippen LogP contribution in [0.4, 0.5) is 0 Å². The monoisotopic (exact) mass is 684 g/mol. The van der Waals surface area contributed by atoms with Crippen molar-refractivity contribution in [3.8, 4) is 0 Å². The van der Waals surface area contributed by atoms with Gasteiger partial charge in [0, 0.05) is 0 Å². The Balaban J connectivity index is 0. The Bertz CT molecular complexity index is 1120. The Morgan fingerprint density at radius 3 is 1.60 bits per heavy atom. The van der Waals surface area contributed by atoms with E-state index in [0.29, 0.717) is 0 Å². The number of nitrogens with zero attached hydrogens (tertiary/aromatic N) is 2. The Kier molecular flexibility index (Phi) is 32.4. The molecule has 2 aromatic rings. The van der Waals surface area contributed by atoms with E-state index in [1.54, 1.807) is 0 Å². The molecule has 2 nitrogen and oxygen atoms in total. The van der Waals surface area contributed by atoms with Crippen molar-refractivity contribution in [3.63, 3.8) is 0 Å². The topological polar surface area (TPSA) is 36.4 Å². The number of unbranched alkanes of at least 4 members (excludes halogenated alkanes) is 17.